The minimum absolute atomic E-state index is 0.0249. The molecule has 0 radical (unpaired) electrons. The Bertz CT molecular complexity index is 637. The molecule has 0 aliphatic carbocycles. The fourth-order valence-electron chi connectivity index (χ4n) is 2.53. The highest BCUT2D eigenvalue weighted by molar-refractivity contribution is 6.04. The number of nitrogens with two attached hydrogens (primary N) is 1. The number of hydrogen-bond donors (Lipinski definition) is 1. The van der Waals surface area contributed by atoms with Crippen LogP contribution >= 0.6 is 0 Å². The van der Waals surface area contributed by atoms with Gasteiger partial charge in [0.15, 0.2) is 11.5 Å². The maximum Gasteiger partial charge on any atom is 0.260 e. The Balaban J connectivity index is 2.12. The summed E-state index contributed by atoms with van der Waals surface area (Å²) in [4.78, 5) is 23.4. The van der Waals surface area contributed by atoms with Gasteiger partial charge in [-0.3, -0.25) is 9.79 Å². The van der Waals surface area contributed by atoms with Crippen LogP contribution in [0.1, 0.15) is 23.7 Å². The molecule has 2 N–H and O–H groups in total. The van der Waals surface area contributed by atoms with Gasteiger partial charge in [0, 0.05) is 18.5 Å². The molecule has 1 aromatic carbocycles. The summed E-state index contributed by atoms with van der Waals surface area (Å²) in [7, 11) is 1.50. The molecule has 104 valence electrons. The van der Waals surface area contributed by atoms with Crippen LogP contribution in [0.25, 0.3) is 0 Å². The van der Waals surface area contributed by atoms with Crippen LogP contribution in [0.4, 0.5) is 5.69 Å². The lowest BCUT2D eigenvalue weighted by Crippen LogP contribution is -2.32. The van der Waals surface area contributed by atoms with Crippen LogP contribution < -0.4 is 15.5 Å². The van der Waals surface area contributed by atoms with E-state index < -0.39 is 0 Å². The number of aliphatic imine (C=N–C) groups is 1. The predicted molar refractivity (Wildman–Crippen MR) is 74.3 cm³/mol. The molecule has 0 unspecified atom stereocenters. The Morgan fingerprint density at radius 3 is 2.90 bits per heavy atom. The van der Waals surface area contributed by atoms with E-state index in [9.17, 15) is 4.79 Å². The molecule has 0 spiro atoms. The lowest BCUT2D eigenvalue weighted by Gasteiger charge is -2.18. The molecule has 1 amide bonds. The van der Waals surface area contributed by atoms with Crippen LogP contribution in [0.5, 0.6) is 11.5 Å². The van der Waals surface area contributed by atoms with Gasteiger partial charge in [-0.2, -0.15) is 5.90 Å². The second-order valence-corrected chi connectivity index (χ2v) is 4.88. The van der Waals surface area contributed by atoms with Crippen LogP contribution in [0.15, 0.2) is 28.9 Å². The van der Waals surface area contributed by atoms with Crippen molar-refractivity contribution in [1.82, 2.24) is 4.90 Å². The van der Waals surface area contributed by atoms with E-state index in [0.29, 0.717) is 22.7 Å². The molecule has 2 aliphatic rings. The van der Waals surface area contributed by atoms with E-state index in [2.05, 4.69) is 4.99 Å². The second kappa shape index (κ2) is 4.64. The van der Waals surface area contributed by atoms with E-state index in [0.717, 1.165) is 12.0 Å². The quantitative estimate of drug-likeness (QED) is 0.833. The number of ether oxygens (including phenoxy) is 1. The molecule has 2 heterocycles. The molecule has 1 aromatic rings. The summed E-state index contributed by atoms with van der Waals surface area (Å²) in [6, 6.07) is 3.20. The fraction of sp³-hybridized carbons (Fsp3) is 0.286. The number of carbonyl (C=O) groups is 1. The first-order valence-corrected chi connectivity index (χ1v) is 6.27. The Kier molecular flexibility index (Phi) is 2.94. The topological polar surface area (TPSA) is 77.2 Å². The van der Waals surface area contributed by atoms with Gasteiger partial charge < -0.3 is 14.5 Å². The van der Waals surface area contributed by atoms with Gasteiger partial charge in [0.2, 0.25) is 0 Å². The molecular formula is C14H15N3O3. The summed E-state index contributed by atoms with van der Waals surface area (Å²) in [5.41, 5.74) is 2.18. The molecule has 1 atom stereocenters. The van der Waals surface area contributed by atoms with Crippen molar-refractivity contribution in [2.24, 2.45) is 10.9 Å². The Morgan fingerprint density at radius 1 is 1.40 bits per heavy atom. The molecular weight excluding hydrogens is 258 g/mol. The van der Waals surface area contributed by atoms with Crippen LogP contribution in [0.2, 0.25) is 0 Å². The van der Waals surface area contributed by atoms with E-state index in [4.69, 9.17) is 15.5 Å². The zero-order valence-corrected chi connectivity index (χ0v) is 11.3. The van der Waals surface area contributed by atoms with Gasteiger partial charge in [-0.25, -0.2) is 0 Å². The van der Waals surface area contributed by atoms with Crippen LogP contribution in [0, 0.1) is 0 Å². The highest BCUT2D eigenvalue weighted by atomic mass is 16.6. The van der Waals surface area contributed by atoms with Crippen molar-refractivity contribution in [3.05, 3.63) is 29.5 Å². The summed E-state index contributed by atoms with van der Waals surface area (Å²) in [5, 5.41) is 0. The van der Waals surface area contributed by atoms with Crippen molar-refractivity contribution in [3.8, 4) is 11.5 Å². The van der Waals surface area contributed by atoms with Crippen molar-refractivity contribution in [1.29, 1.82) is 0 Å². The zero-order valence-electron chi connectivity index (χ0n) is 11.3. The molecule has 0 bridgehead atoms. The Morgan fingerprint density at radius 2 is 2.20 bits per heavy atom. The SMILES string of the molecule is COc1cc2c(cc1ON)N=C[C@@H]1CC(C)=CN1C2=O. The Hall–Kier alpha value is -2.34. The third-order valence-electron chi connectivity index (χ3n) is 3.51. The second-order valence-electron chi connectivity index (χ2n) is 4.88. The molecule has 20 heavy (non-hydrogen) atoms. The lowest BCUT2D eigenvalue weighted by atomic mass is 10.1. The number of carbonyl (C=O) groups excluding carboxylic acids is 1. The first-order chi connectivity index (χ1) is 9.63. The minimum atomic E-state index is -0.0961. The monoisotopic (exact) mass is 273 g/mol. The normalized spacial score (nSPS) is 20.1. The highest BCUT2D eigenvalue weighted by Crippen LogP contribution is 2.37. The molecule has 6 nitrogen and oxygen atoms in total. The molecule has 0 saturated heterocycles. The maximum absolute atomic E-state index is 12.6. The number of nitrogens with zero attached hydrogens (tertiary/aromatic N) is 2. The first kappa shape index (κ1) is 12.7. The van der Waals surface area contributed by atoms with Gasteiger partial charge in [0.25, 0.3) is 5.91 Å². The summed E-state index contributed by atoms with van der Waals surface area (Å²) in [6.45, 7) is 2.00. The van der Waals surface area contributed by atoms with Crippen molar-refractivity contribution in [2.75, 3.05) is 7.11 Å². The third kappa shape index (κ3) is 1.85. The van der Waals surface area contributed by atoms with Gasteiger partial charge in [0.1, 0.15) is 0 Å². The zero-order chi connectivity index (χ0) is 14.3. The Labute approximate surface area is 116 Å². The van der Waals surface area contributed by atoms with Gasteiger partial charge in [-0.05, 0) is 19.4 Å². The van der Waals surface area contributed by atoms with Gasteiger partial charge >= 0.3 is 0 Å². The number of hydrogen-bond acceptors (Lipinski definition) is 5. The van der Waals surface area contributed by atoms with Gasteiger partial charge in [-0.15, -0.1) is 0 Å². The van der Waals surface area contributed by atoms with Crippen LogP contribution in [-0.2, 0) is 0 Å². The van der Waals surface area contributed by atoms with E-state index >= 15 is 0 Å². The van der Waals surface area contributed by atoms with Crippen molar-refractivity contribution in [2.45, 2.75) is 19.4 Å². The standard InChI is InChI=1S/C14H15N3O3/c1-8-3-9-6-16-11-5-13(20-15)12(19-2)4-10(11)14(18)17(9)7-8/h4-7,9H,3,15H2,1-2H3/t9-/m0/s1. The van der Waals surface area contributed by atoms with Gasteiger partial charge in [-0.1, -0.05) is 5.57 Å². The maximum atomic E-state index is 12.6. The number of amides is 1. The average Bonchev–Trinajstić information content (AvgIpc) is 2.79. The van der Waals surface area contributed by atoms with E-state index in [-0.39, 0.29) is 11.9 Å². The van der Waals surface area contributed by atoms with E-state index in [1.165, 1.54) is 7.11 Å². The summed E-state index contributed by atoms with van der Waals surface area (Å²) < 4.78 is 5.18. The van der Waals surface area contributed by atoms with Crippen molar-refractivity contribution < 1.29 is 14.4 Å². The molecule has 0 saturated carbocycles. The number of benzene rings is 1. The van der Waals surface area contributed by atoms with Crippen molar-refractivity contribution in [3.63, 3.8) is 0 Å². The fourth-order valence-corrected chi connectivity index (χ4v) is 2.53. The summed E-state index contributed by atoms with van der Waals surface area (Å²) >= 11 is 0. The van der Waals surface area contributed by atoms with E-state index in [1.54, 1.807) is 23.2 Å². The van der Waals surface area contributed by atoms with E-state index in [1.807, 2.05) is 13.1 Å². The van der Waals surface area contributed by atoms with Crippen molar-refractivity contribution >= 4 is 17.8 Å². The molecule has 3 rings (SSSR count). The highest BCUT2D eigenvalue weighted by Gasteiger charge is 2.31. The first-order valence-electron chi connectivity index (χ1n) is 6.27. The smallest absolute Gasteiger partial charge is 0.260 e. The van der Waals surface area contributed by atoms with Gasteiger partial charge in [0.05, 0.1) is 24.4 Å². The number of rotatable bonds is 2. The average molecular weight is 273 g/mol. The number of methoxy groups -OCH3 is 1. The summed E-state index contributed by atoms with van der Waals surface area (Å²) in [6.07, 6.45) is 4.46. The minimum Gasteiger partial charge on any atom is -0.493 e. The molecule has 2 aliphatic heterocycles. The molecule has 0 fully saturated rings. The predicted octanol–water partition coefficient (Wildman–Crippen LogP) is 1.78. The number of fused-ring (bicyclic) bond motifs is 2. The van der Waals surface area contributed by atoms with Crippen LogP contribution in [0.3, 0.4) is 0 Å². The third-order valence-corrected chi connectivity index (χ3v) is 3.51. The lowest BCUT2D eigenvalue weighted by molar-refractivity contribution is 0.0817. The van der Waals surface area contributed by atoms with Crippen LogP contribution in [-0.4, -0.2) is 30.2 Å². The molecule has 6 heteroatoms. The molecule has 0 aromatic heterocycles. The largest absolute Gasteiger partial charge is 0.493 e. The summed E-state index contributed by atoms with van der Waals surface area (Å²) in [5.74, 6) is 5.87.